The predicted molar refractivity (Wildman–Crippen MR) is 109 cm³/mol. The number of hydrogen-bond acceptors (Lipinski definition) is 8. The zero-order chi connectivity index (χ0) is 22.0. The van der Waals surface area contributed by atoms with Gasteiger partial charge in [0.15, 0.2) is 0 Å². The van der Waals surface area contributed by atoms with E-state index in [4.69, 9.17) is 5.26 Å². The van der Waals surface area contributed by atoms with Crippen LogP contribution in [0, 0.1) is 28.1 Å². The first-order valence-corrected chi connectivity index (χ1v) is 10.0. The standard InChI is InChI=1S/C20H21N9O2/c1-2-20(13-22)5-8-28(18(20)31)16-4-7-23-19(26-16)25-14-9-24-29(10-14)15-11-27(12-15)17(30)3-6-21/h4,7,9-10,15H,2-3,5,8,11-12H2,1H3,(H,23,25,26)/t20-/m1/s1. The summed E-state index contributed by atoms with van der Waals surface area (Å²) in [6.45, 7) is 3.32. The molecule has 2 saturated heterocycles. The highest BCUT2D eigenvalue weighted by Gasteiger charge is 2.46. The number of carbonyl (C=O) groups excluding carboxylic acids is 2. The van der Waals surface area contributed by atoms with Gasteiger partial charge in [0.2, 0.25) is 17.8 Å². The third kappa shape index (κ3) is 3.66. The number of aromatic nitrogens is 4. The van der Waals surface area contributed by atoms with Crippen LogP contribution >= 0.6 is 0 Å². The average molecular weight is 419 g/mol. The molecule has 2 amide bonds. The molecule has 1 atom stereocenters. The van der Waals surface area contributed by atoms with Gasteiger partial charge in [-0.2, -0.15) is 20.6 Å². The molecule has 0 unspecified atom stereocenters. The van der Waals surface area contributed by atoms with Gasteiger partial charge in [0.1, 0.15) is 17.7 Å². The minimum absolute atomic E-state index is 0.0563. The molecule has 0 spiro atoms. The lowest BCUT2D eigenvalue weighted by atomic mass is 9.85. The van der Waals surface area contributed by atoms with Crippen molar-refractivity contribution in [2.75, 3.05) is 29.9 Å². The normalized spacial score (nSPS) is 20.8. The first-order valence-electron chi connectivity index (χ1n) is 10.0. The lowest BCUT2D eigenvalue weighted by Crippen LogP contribution is -2.50. The Kier molecular flexibility index (Phi) is 5.26. The molecular weight excluding hydrogens is 398 g/mol. The van der Waals surface area contributed by atoms with Gasteiger partial charge < -0.3 is 10.2 Å². The molecule has 1 N–H and O–H groups in total. The summed E-state index contributed by atoms with van der Waals surface area (Å²) in [6.07, 6.45) is 5.83. The predicted octanol–water partition coefficient (Wildman–Crippen LogP) is 1.37. The van der Waals surface area contributed by atoms with Crippen LogP contribution < -0.4 is 10.2 Å². The van der Waals surface area contributed by atoms with Crippen LogP contribution in [-0.4, -0.2) is 56.1 Å². The lowest BCUT2D eigenvalue weighted by molar-refractivity contribution is -0.136. The van der Waals surface area contributed by atoms with Crippen LogP contribution in [0.25, 0.3) is 0 Å². The number of hydrogen-bond donors (Lipinski definition) is 1. The van der Waals surface area contributed by atoms with Crippen molar-refractivity contribution >= 4 is 29.3 Å². The molecule has 0 saturated carbocycles. The zero-order valence-electron chi connectivity index (χ0n) is 17.0. The lowest BCUT2D eigenvalue weighted by Gasteiger charge is -2.38. The van der Waals surface area contributed by atoms with E-state index in [1.807, 2.05) is 13.0 Å². The fourth-order valence-electron chi connectivity index (χ4n) is 3.80. The molecule has 158 valence electrons. The summed E-state index contributed by atoms with van der Waals surface area (Å²) in [5.41, 5.74) is -0.308. The largest absolute Gasteiger partial charge is 0.337 e. The van der Waals surface area contributed by atoms with Gasteiger partial charge in [0, 0.05) is 32.0 Å². The van der Waals surface area contributed by atoms with Crippen molar-refractivity contribution in [2.45, 2.75) is 32.2 Å². The van der Waals surface area contributed by atoms with Crippen LogP contribution in [0.3, 0.4) is 0 Å². The third-order valence-electron chi connectivity index (χ3n) is 5.83. The topological polar surface area (TPSA) is 144 Å². The summed E-state index contributed by atoms with van der Waals surface area (Å²) in [7, 11) is 0. The van der Waals surface area contributed by atoms with Crippen molar-refractivity contribution in [3.63, 3.8) is 0 Å². The quantitative estimate of drug-likeness (QED) is 0.739. The second-order valence-electron chi connectivity index (χ2n) is 7.61. The highest BCUT2D eigenvalue weighted by Crippen LogP contribution is 2.36. The van der Waals surface area contributed by atoms with Gasteiger partial charge in [0.05, 0.1) is 30.1 Å². The van der Waals surface area contributed by atoms with E-state index in [1.165, 1.54) is 4.90 Å². The minimum Gasteiger partial charge on any atom is -0.337 e. The molecular formula is C20H21N9O2. The molecule has 2 aromatic rings. The Morgan fingerprint density at radius 2 is 2.19 bits per heavy atom. The van der Waals surface area contributed by atoms with Gasteiger partial charge in [-0.15, -0.1) is 0 Å². The molecule has 31 heavy (non-hydrogen) atoms. The van der Waals surface area contributed by atoms with Crippen LogP contribution in [0.5, 0.6) is 0 Å². The maximum Gasteiger partial charge on any atom is 0.248 e. The Bertz CT molecular complexity index is 1090. The maximum absolute atomic E-state index is 12.8. The number of anilines is 3. The molecule has 2 fully saturated rings. The number of nitriles is 2. The van der Waals surface area contributed by atoms with Crippen molar-refractivity contribution in [3.8, 4) is 12.1 Å². The minimum atomic E-state index is -0.981. The van der Waals surface area contributed by atoms with E-state index in [0.717, 1.165) is 0 Å². The van der Waals surface area contributed by atoms with E-state index in [2.05, 4.69) is 26.5 Å². The van der Waals surface area contributed by atoms with Crippen molar-refractivity contribution in [2.24, 2.45) is 5.41 Å². The molecule has 11 heteroatoms. The van der Waals surface area contributed by atoms with E-state index in [9.17, 15) is 14.9 Å². The maximum atomic E-state index is 12.8. The number of nitrogens with zero attached hydrogens (tertiary/aromatic N) is 8. The van der Waals surface area contributed by atoms with Crippen LogP contribution in [-0.2, 0) is 9.59 Å². The van der Waals surface area contributed by atoms with Crippen molar-refractivity contribution < 1.29 is 9.59 Å². The molecule has 0 radical (unpaired) electrons. The molecule has 2 aliphatic heterocycles. The molecule has 4 rings (SSSR count). The smallest absolute Gasteiger partial charge is 0.248 e. The molecule has 11 nitrogen and oxygen atoms in total. The Balaban J connectivity index is 1.41. The van der Waals surface area contributed by atoms with Gasteiger partial charge >= 0.3 is 0 Å². The van der Waals surface area contributed by atoms with E-state index in [0.29, 0.717) is 49.9 Å². The Morgan fingerprint density at radius 1 is 1.39 bits per heavy atom. The van der Waals surface area contributed by atoms with E-state index < -0.39 is 5.41 Å². The SMILES string of the molecule is CC[C@]1(C#N)CCN(c2ccnc(Nc3cnn(C4CN(C(=O)CC#N)C4)c3)n2)C1=O. The van der Waals surface area contributed by atoms with Crippen LogP contribution in [0.4, 0.5) is 17.5 Å². The van der Waals surface area contributed by atoms with Crippen LogP contribution in [0.2, 0.25) is 0 Å². The van der Waals surface area contributed by atoms with Gasteiger partial charge in [-0.25, -0.2) is 4.98 Å². The zero-order valence-corrected chi connectivity index (χ0v) is 17.0. The molecule has 2 aromatic heterocycles. The molecule has 0 bridgehead atoms. The number of carbonyl (C=O) groups is 2. The second kappa shape index (κ2) is 8.03. The Labute approximate surface area is 178 Å². The number of rotatable bonds is 6. The molecule has 0 aliphatic carbocycles. The molecule has 0 aromatic carbocycles. The van der Waals surface area contributed by atoms with Crippen LogP contribution in [0.1, 0.15) is 32.2 Å². The highest BCUT2D eigenvalue weighted by atomic mass is 16.2. The monoisotopic (exact) mass is 419 g/mol. The fraction of sp³-hybridized carbons (Fsp3) is 0.450. The van der Waals surface area contributed by atoms with Crippen LogP contribution in [0.15, 0.2) is 24.7 Å². The summed E-state index contributed by atoms with van der Waals surface area (Å²) >= 11 is 0. The Morgan fingerprint density at radius 3 is 2.87 bits per heavy atom. The summed E-state index contributed by atoms with van der Waals surface area (Å²) in [5.74, 6) is 0.367. The van der Waals surface area contributed by atoms with Crippen molar-refractivity contribution in [3.05, 3.63) is 24.7 Å². The van der Waals surface area contributed by atoms with Crippen molar-refractivity contribution in [1.29, 1.82) is 10.5 Å². The van der Waals surface area contributed by atoms with E-state index in [-0.39, 0.29) is 24.3 Å². The number of amides is 2. The van der Waals surface area contributed by atoms with Gasteiger partial charge in [-0.05, 0) is 18.9 Å². The second-order valence-corrected chi connectivity index (χ2v) is 7.61. The summed E-state index contributed by atoms with van der Waals surface area (Å²) in [4.78, 5) is 36.2. The first-order chi connectivity index (χ1) is 15.0. The molecule has 4 heterocycles. The molecule has 2 aliphatic rings. The summed E-state index contributed by atoms with van der Waals surface area (Å²) in [5, 5.41) is 25.5. The third-order valence-corrected chi connectivity index (χ3v) is 5.83. The number of likely N-dealkylation sites (tertiary alicyclic amines) is 1. The van der Waals surface area contributed by atoms with Gasteiger partial charge in [0.25, 0.3) is 0 Å². The highest BCUT2D eigenvalue weighted by molar-refractivity contribution is 6.01. The van der Waals surface area contributed by atoms with Gasteiger partial charge in [-0.3, -0.25) is 19.2 Å². The Hall–Kier alpha value is -3.99. The summed E-state index contributed by atoms with van der Waals surface area (Å²) in [6, 6.07) is 5.74. The van der Waals surface area contributed by atoms with E-state index in [1.54, 1.807) is 34.2 Å². The van der Waals surface area contributed by atoms with Crippen molar-refractivity contribution in [1.82, 2.24) is 24.6 Å². The first kappa shape index (κ1) is 20.3. The average Bonchev–Trinajstić information content (AvgIpc) is 3.32. The summed E-state index contributed by atoms with van der Waals surface area (Å²) < 4.78 is 1.76. The van der Waals surface area contributed by atoms with E-state index >= 15 is 0 Å². The fourth-order valence-corrected chi connectivity index (χ4v) is 3.80. The number of nitrogens with one attached hydrogen (secondary N) is 1. The van der Waals surface area contributed by atoms with Gasteiger partial charge in [-0.1, -0.05) is 6.92 Å².